The molecule has 0 spiro atoms. The van der Waals surface area contributed by atoms with Crippen molar-refractivity contribution in [3.05, 3.63) is 47.7 Å². The molecule has 24 heavy (non-hydrogen) atoms. The van der Waals surface area contributed by atoms with Crippen molar-refractivity contribution in [2.24, 2.45) is 5.92 Å². The number of alkyl halides is 3. The van der Waals surface area contributed by atoms with Crippen molar-refractivity contribution in [2.45, 2.75) is 25.9 Å². The van der Waals surface area contributed by atoms with Crippen molar-refractivity contribution >= 4 is 5.91 Å². The first-order valence-electron chi connectivity index (χ1n) is 7.91. The molecule has 1 saturated heterocycles. The van der Waals surface area contributed by atoms with Crippen LogP contribution in [0.2, 0.25) is 0 Å². The third kappa shape index (κ3) is 3.47. The van der Waals surface area contributed by atoms with E-state index in [0.29, 0.717) is 24.6 Å². The van der Waals surface area contributed by atoms with Gasteiger partial charge in [0.2, 0.25) is 0 Å². The number of hydrogen-bond donors (Lipinski definition) is 0. The fourth-order valence-electron chi connectivity index (χ4n) is 2.99. The molecule has 1 aliphatic heterocycles. The number of carbonyl (C=O) groups excluding carboxylic acids is 1. The predicted molar refractivity (Wildman–Crippen MR) is 83.4 cm³/mol. The molecule has 0 saturated carbocycles. The molecule has 1 aromatic carbocycles. The number of rotatable bonds is 2. The van der Waals surface area contributed by atoms with Gasteiger partial charge in [0.05, 0.1) is 5.56 Å². The van der Waals surface area contributed by atoms with Gasteiger partial charge >= 0.3 is 6.18 Å². The number of likely N-dealkylation sites (tertiary alicyclic amines) is 1. The summed E-state index contributed by atoms with van der Waals surface area (Å²) in [6.45, 7) is 3.46. The molecule has 0 aliphatic carbocycles. The first-order chi connectivity index (χ1) is 11.3. The second-order valence-corrected chi connectivity index (χ2v) is 6.24. The van der Waals surface area contributed by atoms with Crippen LogP contribution in [0.15, 0.2) is 40.8 Å². The highest BCUT2D eigenvalue weighted by Crippen LogP contribution is 2.33. The Bertz CT molecular complexity index is 736. The largest absolute Gasteiger partial charge is 0.451 e. The summed E-state index contributed by atoms with van der Waals surface area (Å²) in [5.41, 5.74) is -0.440. The van der Waals surface area contributed by atoms with Gasteiger partial charge in [0.1, 0.15) is 5.76 Å². The number of benzene rings is 1. The van der Waals surface area contributed by atoms with E-state index in [1.165, 1.54) is 24.3 Å². The summed E-state index contributed by atoms with van der Waals surface area (Å²) < 4.78 is 43.9. The smallest absolute Gasteiger partial charge is 0.416 e. The van der Waals surface area contributed by atoms with Crippen LogP contribution in [0.4, 0.5) is 13.2 Å². The van der Waals surface area contributed by atoms with Crippen molar-refractivity contribution in [1.82, 2.24) is 4.90 Å². The van der Waals surface area contributed by atoms with E-state index >= 15 is 0 Å². The molecule has 1 unspecified atom stereocenters. The van der Waals surface area contributed by atoms with E-state index in [-0.39, 0.29) is 17.4 Å². The molecule has 3 rings (SSSR count). The van der Waals surface area contributed by atoms with Gasteiger partial charge in [-0.25, -0.2) is 0 Å². The fourth-order valence-corrected chi connectivity index (χ4v) is 2.99. The van der Waals surface area contributed by atoms with E-state index < -0.39 is 11.7 Å². The Morgan fingerprint density at radius 3 is 2.75 bits per heavy atom. The van der Waals surface area contributed by atoms with E-state index in [1.807, 2.05) is 0 Å². The van der Waals surface area contributed by atoms with Crippen LogP contribution in [0, 0.1) is 5.92 Å². The van der Waals surface area contributed by atoms with Gasteiger partial charge in [-0.2, -0.15) is 13.2 Å². The fraction of sp³-hybridized carbons (Fsp3) is 0.389. The van der Waals surface area contributed by atoms with Gasteiger partial charge in [-0.05, 0) is 43.0 Å². The van der Waals surface area contributed by atoms with Gasteiger partial charge in [0, 0.05) is 18.7 Å². The van der Waals surface area contributed by atoms with E-state index in [2.05, 4.69) is 6.92 Å². The van der Waals surface area contributed by atoms with E-state index in [4.69, 9.17) is 4.42 Å². The molecule has 0 N–H and O–H groups in total. The first kappa shape index (κ1) is 16.6. The average Bonchev–Trinajstić information content (AvgIpc) is 3.03. The number of amides is 1. The number of furan rings is 1. The molecule has 0 bridgehead atoms. The quantitative estimate of drug-likeness (QED) is 0.786. The molecule has 1 aromatic heterocycles. The highest BCUT2D eigenvalue weighted by molar-refractivity contribution is 5.92. The predicted octanol–water partition coefficient (Wildman–Crippen LogP) is 4.84. The second-order valence-electron chi connectivity index (χ2n) is 6.24. The Hall–Kier alpha value is -2.24. The Morgan fingerprint density at radius 1 is 1.25 bits per heavy atom. The molecular weight excluding hydrogens is 319 g/mol. The maximum atomic E-state index is 12.8. The monoisotopic (exact) mass is 337 g/mol. The number of nitrogens with zero attached hydrogens (tertiary/aromatic N) is 1. The normalized spacial score (nSPS) is 18.7. The van der Waals surface area contributed by atoms with Crippen molar-refractivity contribution < 1.29 is 22.4 Å². The van der Waals surface area contributed by atoms with Crippen LogP contribution < -0.4 is 0 Å². The number of piperidine rings is 1. The van der Waals surface area contributed by atoms with Crippen LogP contribution >= 0.6 is 0 Å². The Kier molecular flexibility index (Phi) is 4.39. The minimum Gasteiger partial charge on any atom is -0.451 e. The van der Waals surface area contributed by atoms with Crippen LogP contribution in [0.3, 0.4) is 0 Å². The number of halogens is 3. The lowest BCUT2D eigenvalue weighted by Crippen LogP contribution is -2.38. The van der Waals surface area contributed by atoms with Crippen LogP contribution in [0.5, 0.6) is 0 Å². The van der Waals surface area contributed by atoms with E-state index in [9.17, 15) is 18.0 Å². The third-order valence-electron chi connectivity index (χ3n) is 4.24. The van der Waals surface area contributed by atoms with Crippen molar-refractivity contribution in [3.8, 4) is 11.3 Å². The zero-order chi connectivity index (χ0) is 17.3. The number of hydrogen-bond acceptors (Lipinski definition) is 2. The zero-order valence-corrected chi connectivity index (χ0v) is 13.3. The van der Waals surface area contributed by atoms with Gasteiger partial charge in [-0.3, -0.25) is 4.79 Å². The Balaban J connectivity index is 1.82. The number of carbonyl (C=O) groups is 1. The van der Waals surface area contributed by atoms with Gasteiger partial charge in [0.15, 0.2) is 5.76 Å². The summed E-state index contributed by atoms with van der Waals surface area (Å²) in [5.74, 6) is 0.659. The summed E-state index contributed by atoms with van der Waals surface area (Å²) in [5, 5.41) is 0. The van der Waals surface area contributed by atoms with Gasteiger partial charge < -0.3 is 9.32 Å². The van der Waals surface area contributed by atoms with Gasteiger partial charge in [-0.1, -0.05) is 19.1 Å². The lowest BCUT2D eigenvalue weighted by atomic mass is 10.0. The molecule has 2 heterocycles. The standard InChI is InChI=1S/C18H18F3NO2/c1-12-4-3-9-22(11-12)17(23)16-8-7-15(24-16)13-5-2-6-14(10-13)18(19,20)21/h2,5-8,10,12H,3-4,9,11H2,1H3. The Morgan fingerprint density at radius 2 is 2.04 bits per heavy atom. The van der Waals surface area contributed by atoms with Gasteiger partial charge in [-0.15, -0.1) is 0 Å². The summed E-state index contributed by atoms with van der Waals surface area (Å²) in [6, 6.07) is 7.96. The summed E-state index contributed by atoms with van der Waals surface area (Å²) in [6.07, 6.45) is -2.36. The lowest BCUT2D eigenvalue weighted by molar-refractivity contribution is -0.137. The molecule has 1 fully saturated rings. The third-order valence-corrected chi connectivity index (χ3v) is 4.24. The SMILES string of the molecule is CC1CCCN(C(=O)c2ccc(-c3cccc(C(F)(F)F)c3)o2)C1. The van der Waals surface area contributed by atoms with E-state index in [1.54, 1.807) is 4.90 Å². The molecule has 2 aromatic rings. The second kappa shape index (κ2) is 6.34. The average molecular weight is 337 g/mol. The zero-order valence-electron chi connectivity index (χ0n) is 13.3. The van der Waals surface area contributed by atoms with Crippen LogP contribution in [-0.2, 0) is 6.18 Å². The summed E-state index contributed by atoms with van der Waals surface area (Å²) in [4.78, 5) is 14.2. The van der Waals surface area contributed by atoms with Crippen LogP contribution in [0.25, 0.3) is 11.3 Å². The lowest BCUT2D eigenvalue weighted by Gasteiger charge is -2.30. The maximum absolute atomic E-state index is 12.8. The van der Waals surface area contributed by atoms with Crippen LogP contribution in [0.1, 0.15) is 35.9 Å². The van der Waals surface area contributed by atoms with Gasteiger partial charge in [0.25, 0.3) is 5.91 Å². The van der Waals surface area contributed by atoms with Crippen molar-refractivity contribution in [3.63, 3.8) is 0 Å². The van der Waals surface area contributed by atoms with Crippen molar-refractivity contribution in [2.75, 3.05) is 13.1 Å². The first-order valence-corrected chi connectivity index (χ1v) is 7.91. The molecular formula is C18H18F3NO2. The molecule has 128 valence electrons. The maximum Gasteiger partial charge on any atom is 0.416 e. The highest BCUT2D eigenvalue weighted by atomic mass is 19.4. The molecule has 1 atom stereocenters. The topological polar surface area (TPSA) is 33.5 Å². The minimum absolute atomic E-state index is 0.163. The highest BCUT2D eigenvalue weighted by Gasteiger charge is 2.31. The molecule has 3 nitrogen and oxygen atoms in total. The molecule has 1 amide bonds. The Labute approximate surface area is 138 Å². The summed E-state index contributed by atoms with van der Waals surface area (Å²) >= 11 is 0. The van der Waals surface area contributed by atoms with E-state index in [0.717, 1.165) is 25.0 Å². The van der Waals surface area contributed by atoms with Crippen molar-refractivity contribution in [1.29, 1.82) is 0 Å². The molecule has 1 aliphatic rings. The van der Waals surface area contributed by atoms with Crippen LogP contribution in [-0.4, -0.2) is 23.9 Å². The molecule has 6 heteroatoms. The molecule has 0 radical (unpaired) electrons. The minimum atomic E-state index is -4.41. The summed E-state index contributed by atoms with van der Waals surface area (Å²) in [7, 11) is 0.